The number of alkyl halides is 2. The van der Waals surface area contributed by atoms with Crippen LogP contribution in [0.1, 0.15) is 25.7 Å². The van der Waals surface area contributed by atoms with Crippen LogP contribution in [0.3, 0.4) is 0 Å². The van der Waals surface area contributed by atoms with Gasteiger partial charge >= 0.3 is 0 Å². The highest BCUT2D eigenvalue weighted by Gasteiger charge is 2.55. The van der Waals surface area contributed by atoms with E-state index in [4.69, 9.17) is 5.73 Å². The lowest BCUT2D eigenvalue weighted by Crippen LogP contribution is -2.42. The molecule has 0 aliphatic heterocycles. The van der Waals surface area contributed by atoms with Crippen LogP contribution in [-0.2, 0) is 0 Å². The Labute approximate surface area is 77.1 Å². The van der Waals surface area contributed by atoms with Gasteiger partial charge in [-0.25, -0.2) is 8.78 Å². The maximum atomic E-state index is 13.2. The molecule has 2 fully saturated rings. The molecular weight excluding hydrogens is 184 g/mol. The summed E-state index contributed by atoms with van der Waals surface area (Å²) in [5, 5.41) is 0. The van der Waals surface area contributed by atoms with Crippen molar-refractivity contribution in [3.05, 3.63) is 0 Å². The predicted octanol–water partition coefficient (Wildman–Crippen LogP) is 2.19. The molecule has 2 aliphatic carbocycles. The van der Waals surface area contributed by atoms with Gasteiger partial charge in [0.2, 0.25) is 0 Å². The van der Waals surface area contributed by atoms with E-state index in [1.165, 1.54) is 0 Å². The lowest BCUT2D eigenvalue weighted by atomic mass is 9.82. The second-order valence-corrected chi connectivity index (χ2v) is 3.88. The number of fused-ring (bicyclic) bond motifs is 2. The summed E-state index contributed by atoms with van der Waals surface area (Å²) < 4.78 is 26.3. The highest BCUT2D eigenvalue weighted by atomic mass is 35.5. The van der Waals surface area contributed by atoms with Crippen LogP contribution in [0.4, 0.5) is 8.78 Å². The smallest absolute Gasteiger partial charge is 0.253 e. The number of hydrogen-bond acceptors (Lipinski definition) is 1. The average Bonchev–Trinajstić information content (AvgIpc) is 2.19. The standard InChI is InChI=1S/C8H13F2N.ClH/c9-8(10)5-1-2-6(8)4-7(11)3-5;/h5-7H,1-4,11H2;1H. The summed E-state index contributed by atoms with van der Waals surface area (Å²) in [7, 11) is 0. The third-order valence-corrected chi connectivity index (χ3v) is 3.13. The van der Waals surface area contributed by atoms with E-state index in [0.29, 0.717) is 25.7 Å². The molecule has 12 heavy (non-hydrogen) atoms. The van der Waals surface area contributed by atoms with E-state index in [2.05, 4.69) is 0 Å². The van der Waals surface area contributed by atoms with Crippen LogP contribution in [0.25, 0.3) is 0 Å². The van der Waals surface area contributed by atoms with Gasteiger partial charge in [0.05, 0.1) is 0 Å². The molecule has 0 spiro atoms. The van der Waals surface area contributed by atoms with Crippen molar-refractivity contribution in [1.29, 1.82) is 0 Å². The molecule has 0 aromatic heterocycles. The van der Waals surface area contributed by atoms with Crippen LogP contribution in [0, 0.1) is 11.8 Å². The molecule has 0 aromatic rings. The quantitative estimate of drug-likeness (QED) is 0.633. The second-order valence-electron chi connectivity index (χ2n) is 3.88. The van der Waals surface area contributed by atoms with Crippen molar-refractivity contribution < 1.29 is 8.78 Å². The third kappa shape index (κ3) is 1.33. The van der Waals surface area contributed by atoms with Crippen molar-refractivity contribution >= 4 is 12.4 Å². The Bertz CT molecular complexity index is 158. The van der Waals surface area contributed by atoms with Gasteiger partial charge in [-0.05, 0) is 25.7 Å². The van der Waals surface area contributed by atoms with Gasteiger partial charge in [0.1, 0.15) is 0 Å². The number of halogens is 3. The fourth-order valence-corrected chi connectivity index (χ4v) is 2.50. The van der Waals surface area contributed by atoms with Crippen molar-refractivity contribution in [1.82, 2.24) is 0 Å². The van der Waals surface area contributed by atoms with Crippen LogP contribution in [0.2, 0.25) is 0 Å². The number of rotatable bonds is 0. The van der Waals surface area contributed by atoms with Crippen LogP contribution in [0.15, 0.2) is 0 Å². The molecule has 2 unspecified atom stereocenters. The van der Waals surface area contributed by atoms with Crippen LogP contribution < -0.4 is 5.73 Å². The topological polar surface area (TPSA) is 26.0 Å². The Kier molecular flexibility index (Phi) is 2.64. The van der Waals surface area contributed by atoms with Crippen molar-refractivity contribution in [2.45, 2.75) is 37.6 Å². The first-order chi connectivity index (χ1) is 5.10. The Morgan fingerprint density at radius 3 is 1.92 bits per heavy atom. The molecule has 0 amide bonds. The van der Waals surface area contributed by atoms with Gasteiger partial charge in [0.25, 0.3) is 5.92 Å². The first-order valence-electron chi connectivity index (χ1n) is 4.24. The maximum Gasteiger partial charge on any atom is 0.253 e. The summed E-state index contributed by atoms with van der Waals surface area (Å²) in [5.41, 5.74) is 5.64. The fraction of sp³-hybridized carbons (Fsp3) is 1.00. The van der Waals surface area contributed by atoms with Crippen LogP contribution in [-0.4, -0.2) is 12.0 Å². The minimum atomic E-state index is -2.39. The van der Waals surface area contributed by atoms with E-state index in [0.717, 1.165) is 0 Å². The Morgan fingerprint density at radius 1 is 1.08 bits per heavy atom. The average molecular weight is 198 g/mol. The van der Waals surface area contributed by atoms with Crippen molar-refractivity contribution in [2.24, 2.45) is 17.6 Å². The first-order valence-corrected chi connectivity index (χ1v) is 4.24. The van der Waals surface area contributed by atoms with E-state index in [-0.39, 0.29) is 18.4 Å². The lowest BCUT2D eigenvalue weighted by Gasteiger charge is -2.33. The monoisotopic (exact) mass is 197 g/mol. The third-order valence-electron chi connectivity index (χ3n) is 3.13. The van der Waals surface area contributed by atoms with Gasteiger partial charge in [0, 0.05) is 17.9 Å². The normalized spacial score (nSPS) is 43.8. The first kappa shape index (κ1) is 10.2. The number of hydrogen-bond donors (Lipinski definition) is 1. The summed E-state index contributed by atoms with van der Waals surface area (Å²) in [5.74, 6) is -3.21. The van der Waals surface area contributed by atoms with Gasteiger partial charge in [-0.3, -0.25) is 0 Å². The highest BCUT2D eigenvalue weighted by Crippen LogP contribution is 2.52. The predicted molar refractivity (Wildman–Crippen MR) is 45.6 cm³/mol. The van der Waals surface area contributed by atoms with Crippen LogP contribution in [0.5, 0.6) is 0 Å². The van der Waals surface area contributed by atoms with E-state index in [1.807, 2.05) is 0 Å². The van der Waals surface area contributed by atoms with E-state index in [1.54, 1.807) is 0 Å². The fourth-order valence-electron chi connectivity index (χ4n) is 2.50. The van der Waals surface area contributed by atoms with E-state index < -0.39 is 17.8 Å². The summed E-state index contributed by atoms with van der Waals surface area (Å²) >= 11 is 0. The Hall–Kier alpha value is 0.110. The maximum absolute atomic E-state index is 13.2. The highest BCUT2D eigenvalue weighted by molar-refractivity contribution is 5.85. The van der Waals surface area contributed by atoms with Gasteiger partial charge < -0.3 is 5.73 Å². The molecule has 0 heterocycles. The largest absolute Gasteiger partial charge is 0.328 e. The SMILES string of the molecule is Cl.NC1CC2CCC(C1)C2(F)F. The van der Waals surface area contributed by atoms with Crippen molar-refractivity contribution in [3.63, 3.8) is 0 Å². The van der Waals surface area contributed by atoms with Crippen molar-refractivity contribution in [3.8, 4) is 0 Å². The molecule has 2 N–H and O–H groups in total. The molecule has 2 atom stereocenters. The molecule has 72 valence electrons. The molecular formula is C8H14ClF2N. The van der Waals surface area contributed by atoms with Gasteiger partial charge in [0.15, 0.2) is 0 Å². The summed E-state index contributed by atoms with van der Waals surface area (Å²) in [4.78, 5) is 0. The Balaban J connectivity index is 0.000000720. The van der Waals surface area contributed by atoms with Crippen molar-refractivity contribution in [2.75, 3.05) is 0 Å². The van der Waals surface area contributed by atoms with Gasteiger partial charge in [-0.2, -0.15) is 0 Å². The number of nitrogens with two attached hydrogens (primary N) is 1. The zero-order valence-corrected chi connectivity index (χ0v) is 7.62. The molecule has 4 heteroatoms. The molecule has 1 nitrogen and oxygen atoms in total. The van der Waals surface area contributed by atoms with Crippen LogP contribution >= 0.6 is 12.4 Å². The molecule has 0 radical (unpaired) electrons. The zero-order valence-electron chi connectivity index (χ0n) is 6.80. The summed E-state index contributed by atoms with van der Waals surface area (Å²) in [6, 6.07) is 0.0344. The molecule has 2 bridgehead atoms. The molecule has 0 saturated heterocycles. The second kappa shape index (κ2) is 3.11. The zero-order chi connectivity index (χ0) is 8.06. The summed E-state index contributed by atoms with van der Waals surface area (Å²) in [6.07, 6.45) is 2.43. The molecule has 2 aliphatic rings. The summed E-state index contributed by atoms with van der Waals surface area (Å²) in [6.45, 7) is 0. The molecule has 0 aromatic carbocycles. The Morgan fingerprint density at radius 2 is 1.50 bits per heavy atom. The minimum Gasteiger partial charge on any atom is -0.328 e. The van der Waals surface area contributed by atoms with Gasteiger partial charge in [-0.1, -0.05) is 0 Å². The van der Waals surface area contributed by atoms with E-state index >= 15 is 0 Å². The van der Waals surface area contributed by atoms with E-state index in [9.17, 15) is 8.78 Å². The molecule has 2 rings (SSSR count). The molecule has 2 saturated carbocycles. The van der Waals surface area contributed by atoms with Gasteiger partial charge in [-0.15, -0.1) is 12.4 Å². The minimum absolute atomic E-state index is 0. The lowest BCUT2D eigenvalue weighted by molar-refractivity contribution is -0.101.